The fraction of sp³-hybridized carbons (Fsp3) is 0.500. The summed E-state index contributed by atoms with van der Waals surface area (Å²) in [5, 5.41) is 9.24. The molecule has 0 saturated carbocycles. The van der Waals surface area contributed by atoms with E-state index in [1.807, 2.05) is 38.1 Å². The number of benzene rings is 1. The number of amides is 1. The van der Waals surface area contributed by atoms with Crippen LogP contribution in [0.3, 0.4) is 0 Å². The lowest BCUT2D eigenvalue weighted by Crippen LogP contribution is -2.43. The summed E-state index contributed by atoms with van der Waals surface area (Å²) in [5.74, 6) is 0.672. The van der Waals surface area contributed by atoms with Gasteiger partial charge in [0.15, 0.2) is 5.96 Å². The quantitative estimate of drug-likeness (QED) is 0.348. The lowest BCUT2D eigenvalue weighted by atomic mass is 10.1. The minimum absolute atomic E-state index is 0. The number of halogens is 1. The Bertz CT molecular complexity index is 491. The number of nitrogens with zero attached hydrogens (tertiary/aromatic N) is 1. The van der Waals surface area contributed by atoms with Crippen LogP contribution >= 0.6 is 24.0 Å². The highest BCUT2D eigenvalue weighted by Gasteiger charge is 2.06. The van der Waals surface area contributed by atoms with Gasteiger partial charge in [0.2, 0.25) is 0 Å². The second kappa shape index (κ2) is 12.1. The number of ether oxygens (including phenoxy) is 1. The third-order valence-electron chi connectivity index (χ3n) is 3.04. The minimum atomic E-state index is -0.0483. The third-order valence-corrected chi connectivity index (χ3v) is 3.04. The largest absolute Gasteiger partial charge is 0.383 e. The van der Waals surface area contributed by atoms with Gasteiger partial charge in [-0.05, 0) is 31.5 Å². The van der Waals surface area contributed by atoms with E-state index in [0.29, 0.717) is 25.3 Å². The van der Waals surface area contributed by atoms with E-state index < -0.39 is 0 Å². The topological polar surface area (TPSA) is 74.8 Å². The van der Waals surface area contributed by atoms with E-state index in [9.17, 15) is 4.79 Å². The molecule has 1 rings (SSSR count). The van der Waals surface area contributed by atoms with Gasteiger partial charge in [-0.2, -0.15) is 0 Å². The molecule has 7 heteroatoms. The third kappa shape index (κ3) is 8.17. The first-order valence-corrected chi connectivity index (χ1v) is 7.44. The van der Waals surface area contributed by atoms with Gasteiger partial charge in [-0.3, -0.25) is 9.79 Å². The summed E-state index contributed by atoms with van der Waals surface area (Å²) in [4.78, 5) is 15.9. The molecule has 0 heterocycles. The molecule has 1 unspecified atom stereocenters. The van der Waals surface area contributed by atoms with E-state index in [0.717, 1.165) is 11.5 Å². The molecule has 23 heavy (non-hydrogen) atoms. The predicted octanol–water partition coefficient (Wildman–Crippen LogP) is 1.75. The van der Waals surface area contributed by atoms with Crippen molar-refractivity contribution in [2.75, 3.05) is 27.3 Å². The first-order valence-electron chi connectivity index (χ1n) is 7.44. The van der Waals surface area contributed by atoms with Crippen LogP contribution < -0.4 is 16.0 Å². The molecule has 0 radical (unpaired) electrons. The maximum absolute atomic E-state index is 11.7. The molecule has 0 aromatic heterocycles. The number of aliphatic imine (C=N–C) groups is 1. The lowest BCUT2D eigenvalue weighted by Gasteiger charge is -2.17. The van der Waals surface area contributed by atoms with Crippen molar-refractivity contribution < 1.29 is 9.53 Å². The molecule has 130 valence electrons. The Labute approximate surface area is 155 Å². The van der Waals surface area contributed by atoms with Crippen LogP contribution in [0.4, 0.5) is 0 Å². The number of hydrogen-bond acceptors (Lipinski definition) is 3. The predicted molar refractivity (Wildman–Crippen MR) is 105 cm³/mol. The zero-order valence-electron chi connectivity index (χ0n) is 14.2. The van der Waals surface area contributed by atoms with Crippen molar-refractivity contribution in [3.05, 3.63) is 35.4 Å². The van der Waals surface area contributed by atoms with Crippen molar-refractivity contribution in [3.63, 3.8) is 0 Å². The van der Waals surface area contributed by atoms with Gasteiger partial charge in [-0.15, -0.1) is 24.0 Å². The normalized spacial score (nSPS) is 12.1. The number of carbonyl (C=O) groups excluding carboxylic acids is 1. The summed E-state index contributed by atoms with van der Waals surface area (Å²) in [6, 6.07) is 7.70. The van der Waals surface area contributed by atoms with Gasteiger partial charge in [0.05, 0.1) is 6.61 Å². The second-order valence-corrected chi connectivity index (χ2v) is 4.98. The molecule has 6 nitrogen and oxygen atoms in total. The Balaban J connectivity index is 0.00000484. The van der Waals surface area contributed by atoms with Crippen molar-refractivity contribution >= 4 is 35.8 Å². The van der Waals surface area contributed by atoms with Crippen LogP contribution in [0.2, 0.25) is 0 Å². The molecule has 0 saturated heterocycles. The summed E-state index contributed by atoms with van der Waals surface area (Å²) in [6.45, 7) is 5.80. The van der Waals surface area contributed by atoms with Gasteiger partial charge in [-0.1, -0.05) is 12.1 Å². The first-order chi connectivity index (χ1) is 10.6. The second-order valence-electron chi connectivity index (χ2n) is 4.98. The molecule has 0 fully saturated rings. The van der Waals surface area contributed by atoms with Crippen LogP contribution in [-0.4, -0.2) is 45.2 Å². The summed E-state index contributed by atoms with van der Waals surface area (Å²) in [7, 11) is 3.40. The highest BCUT2D eigenvalue weighted by atomic mass is 127. The lowest BCUT2D eigenvalue weighted by molar-refractivity contribution is 0.0956. The Morgan fingerprint density at radius 3 is 2.43 bits per heavy atom. The fourth-order valence-electron chi connectivity index (χ4n) is 1.94. The highest BCUT2D eigenvalue weighted by Crippen LogP contribution is 2.04. The molecule has 0 aliphatic heterocycles. The molecule has 1 aromatic rings. The molecule has 0 aliphatic rings. The number of hydrogen-bond donors (Lipinski definition) is 3. The monoisotopic (exact) mass is 434 g/mol. The molecule has 3 N–H and O–H groups in total. The standard InChI is InChI=1S/C16H26N4O2.HI/c1-5-18-15(21)14-8-6-13(7-9-14)10-19-16(17-3)20-12(2)11-22-4;/h6-9,12H,5,10-11H2,1-4H3,(H,18,21)(H2,17,19,20);1H. The molecule has 1 aromatic carbocycles. The number of nitrogens with one attached hydrogen (secondary N) is 3. The van der Waals surface area contributed by atoms with Crippen LogP contribution in [0, 0.1) is 0 Å². The SMILES string of the molecule is CCNC(=O)c1ccc(CNC(=NC)NC(C)COC)cc1.I. The van der Waals surface area contributed by atoms with E-state index in [1.165, 1.54) is 0 Å². The summed E-state index contributed by atoms with van der Waals surface area (Å²) in [6.07, 6.45) is 0. The van der Waals surface area contributed by atoms with E-state index in [2.05, 4.69) is 20.9 Å². The van der Waals surface area contributed by atoms with E-state index in [-0.39, 0.29) is 35.9 Å². The number of guanidine groups is 1. The van der Waals surface area contributed by atoms with Crippen molar-refractivity contribution in [3.8, 4) is 0 Å². The minimum Gasteiger partial charge on any atom is -0.383 e. The Hall–Kier alpha value is -1.35. The summed E-state index contributed by atoms with van der Waals surface area (Å²) in [5.41, 5.74) is 1.75. The van der Waals surface area contributed by atoms with E-state index >= 15 is 0 Å². The first kappa shape index (κ1) is 21.6. The molecule has 1 atom stereocenters. The molecule has 0 bridgehead atoms. The average Bonchev–Trinajstić information content (AvgIpc) is 2.52. The van der Waals surface area contributed by atoms with Gasteiger partial charge in [0.25, 0.3) is 5.91 Å². The molecule has 0 aliphatic carbocycles. The maximum Gasteiger partial charge on any atom is 0.251 e. The molecule has 0 spiro atoms. The Morgan fingerprint density at radius 1 is 1.26 bits per heavy atom. The van der Waals surface area contributed by atoms with Gasteiger partial charge in [-0.25, -0.2) is 0 Å². The zero-order valence-corrected chi connectivity index (χ0v) is 16.5. The highest BCUT2D eigenvalue weighted by molar-refractivity contribution is 14.0. The number of carbonyl (C=O) groups is 1. The van der Waals surface area contributed by atoms with Crippen LogP contribution in [0.25, 0.3) is 0 Å². The Morgan fingerprint density at radius 2 is 1.91 bits per heavy atom. The van der Waals surface area contributed by atoms with Crippen molar-refractivity contribution in [2.24, 2.45) is 4.99 Å². The van der Waals surface area contributed by atoms with Gasteiger partial charge in [0, 0.05) is 38.9 Å². The van der Waals surface area contributed by atoms with Crippen LogP contribution in [0.15, 0.2) is 29.3 Å². The maximum atomic E-state index is 11.7. The zero-order chi connectivity index (χ0) is 16.4. The van der Waals surface area contributed by atoms with Crippen molar-refractivity contribution in [1.82, 2.24) is 16.0 Å². The van der Waals surface area contributed by atoms with Crippen LogP contribution in [-0.2, 0) is 11.3 Å². The molecular formula is C16H27IN4O2. The number of methoxy groups -OCH3 is 1. The number of rotatable bonds is 7. The van der Waals surface area contributed by atoms with Crippen molar-refractivity contribution in [1.29, 1.82) is 0 Å². The summed E-state index contributed by atoms with van der Waals surface area (Å²) >= 11 is 0. The van der Waals surface area contributed by atoms with Crippen molar-refractivity contribution in [2.45, 2.75) is 26.4 Å². The van der Waals surface area contributed by atoms with Gasteiger partial charge in [0.1, 0.15) is 0 Å². The van der Waals surface area contributed by atoms with E-state index in [4.69, 9.17) is 4.74 Å². The summed E-state index contributed by atoms with van der Waals surface area (Å²) < 4.78 is 5.08. The molecule has 1 amide bonds. The smallest absolute Gasteiger partial charge is 0.251 e. The van der Waals surface area contributed by atoms with Gasteiger partial charge >= 0.3 is 0 Å². The average molecular weight is 434 g/mol. The van der Waals surface area contributed by atoms with Crippen LogP contribution in [0.5, 0.6) is 0 Å². The molecular weight excluding hydrogens is 407 g/mol. The Kier molecular flexibility index (Phi) is 11.4. The van der Waals surface area contributed by atoms with Crippen LogP contribution in [0.1, 0.15) is 29.8 Å². The fourth-order valence-corrected chi connectivity index (χ4v) is 1.94. The van der Waals surface area contributed by atoms with Gasteiger partial charge < -0.3 is 20.7 Å². The van der Waals surface area contributed by atoms with E-state index in [1.54, 1.807) is 14.2 Å².